The van der Waals surface area contributed by atoms with Crippen LogP contribution < -0.4 is 9.47 Å². The third kappa shape index (κ3) is 3.26. The normalized spacial score (nSPS) is 20.3. The highest BCUT2D eigenvalue weighted by Gasteiger charge is 2.48. The van der Waals surface area contributed by atoms with E-state index in [9.17, 15) is 14.4 Å². The maximum atomic E-state index is 13.0. The van der Waals surface area contributed by atoms with Crippen LogP contribution in [0.5, 0.6) is 11.5 Å². The van der Waals surface area contributed by atoms with Gasteiger partial charge in [-0.1, -0.05) is 43.3 Å². The lowest BCUT2D eigenvalue weighted by Crippen LogP contribution is -2.38. The van der Waals surface area contributed by atoms with Crippen LogP contribution in [-0.4, -0.2) is 29.8 Å². The number of imide groups is 1. The zero-order valence-corrected chi connectivity index (χ0v) is 15.6. The van der Waals surface area contributed by atoms with E-state index in [1.807, 2.05) is 42.5 Å². The molecule has 0 radical (unpaired) electrons. The van der Waals surface area contributed by atoms with Gasteiger partial charge in [0.2, 0.25) is 18.6 Å². The number of hydrogen-bond acceptors (Lipinski definition) is 5. The first kappa shape index (κ1) is 18.2. The predicted octanol–water partition coefficient (Wildman–Crippen LogP) is 2.74. The fraction of sp³-hybridized carbons (Fsp3) is 0.318. The minimum Gasteiger partial charge on any atom is -0.454 e. The molecule has 28 heavy (non-hydrogen) atoms. The van der Waals surface area contributed by atoms with Crippen molar-refractivity contribution < 1.29 is 23.9 Å². The maximum absolute atomic E-state index is 13.0. The van der Waals surface area contributed by atoms with E-state index in [1.54, 1.807) is 13.0 Å². The van der Waals surface area contributed by atoms with Crippen LogP contribution in [0.4, 0.5) is 0 Å². The molecule has 2 aliphatic rings. The monoisotopic (exact) mass is 379 g/mol. The summed E-state index contributed by atoms with van der Waals surface area (Å²) >= 11 is 0. The topological polar surface area (TPSA) is 72.9 Å². The maximum Gasteiger partial charge on any atom is 0.234 e. The van der Waals surface area contributed by atoms with Crippen molar-refractivity contribution in [1.82, 2.24) is 4.90 Å². The SMILES string of the molecule is C[C@](C=O)(Cc1ccc2c(c1)OCO2)[C@@H]1CC(=O)N(Cc2ccccc2)C1=O. The van der Waals surface area contributed by atoms with Gasteiger partial charge in [0.1, 0.15) is 6.29 Å². The number of nitrogens with zero attached hydrogens (tertiary/aromatic N) is 1. The molecule has 6 nitrogen and oxygen atoms in total. The predicted molar refractivity (Wildman–Crippen MR) is 101 cm³/mol. The number of carbonyl (C=O) groups excluding carboxylic acids is 3. The summed E-state index contributed by atoms with van der Waals surface area (Å²) in [6.07, 6.45) is 1.20. The second-order valence-electron chi connectivity index (χ2n) is 7.55. The molecule has 0 bridgehead atoms. The van der Waals surface area contributed by atoms with E-state index < -0.39 is 11.3 Å². The minimum absolute atomic E-state index is 0.0471. The quantitative estimate of drug-likeness (QED) is 0.570. The van der Waals surface area contributed by atoms with Gasteiger partial charge in [-0.2, -0.15) is 0 Å². The Labute approximate surface area is 163 Å². The first-order valence-electron chi connectivity index (χ1n) is 9.23. The lowest BCUT2D eigenvalue weighted by atomic mass is 9.73. The number of aldehydes is 1. The van der Waals surface area contributed by atoms with Gasteiger partial charge in [0.05, 0.1) is 12.5 Å². The molecule has 2 aliphatic heterocycles. The number of benzene rings is 2. The van der Waals surface area contributed by atoms with E-state index in [0.29, 0.717) is 17.9 Å². The second kappa shape index (κ2) is 7.11. The molecule has 2 heterocycles. The molecule has 0 aliphatic carbocycles. The summed E-state index contributed by atoms with van der Waals surface area (Å²) in [4.78, 5) is 38.8. The Morgan fingerprint density at radius 3 is 2.57 bits per heavy atom. The van der Waals surface area contributed by atoms with Crippen LogP contribution in [-0.2, 0) is 27.3 Å². The minimum atomic E-state index is -0.980. The largest absolute Gasteiger partial charge is 0.454 e. The zero-order chi connectivity index (χ0) is 19.7. The summed E-state index contributed by atoms with van der Waals surface area (Å²) in [5.74, 6) is 0.0939. The summed E-state index contributed by atoms with van der Waals surface area (Å²) in [5.41, 5.74) is 0.764. The number of ether oxygens (including phenoxy) is 2. The zero-order valence-electron chi connectivity index (χ0n) is 15.6. The van der Waals surface area contributed by atoms with Gasteiger partial charge >= 0.3 is 0 Å². The van der Waals surface area contributed by atoms with E-state index in [-0.39, 0.29) is 31.6 Å². The third-order valence-electron chi connectivity index (χ3n) is 5.51. The van der Waals surface area contributed by atoms with Crippen molar-refractivity contribution in [2.24, 2.45) is 11.3 Å². The van der Waals surface area contributed by atoms with Crippen molar-refractivity contribution in [3.63, 3.8) is 0 Å². The Bertz CT molecular complexity index is 926. The molecule has 2 atom stereocenters. The van der Waals surface area contributed by atoms with E-state index in [0.717, 1.165) is 17.4 Å². The first-order chi connectivity index (χ1) is 13.5. The smallest absolute Gasteiger partial charge is 0.234 e. The van der Waals surface area contributed by atoms with Gasteiger partial charge < -0.3 is 14.3 Å². The molecular weight excluding hydrogens is 358 g/mol. The molecule has 1 fully saturated rings. The summed E-state index contributed by atoms with van der Waals surface area (Å²) in [5, 5.41) is 0. The molecule has 1 saturated heterocycles. The Hall–Kier alpha value is -3.15. The van der Waals surface area contributed by atoms with Crippen LogP contribution in [0, 0.1) is 11.3 Å². The molecule has 4 rings (SSSR count). The van der Waals surface area contributed by atoms with Crippen molar-refractivity contribution in [3.8, 4) is 11.5 Å². The number of fused-ring (bicyclic) bond motifs is 1. The van der Waals surface area contributed by atoms with Gasteiger partial charge in [-0.05, 0) is 29.7 Å². The third-order valence-corrected chi connectivity index (χ3v) is 5.51. The lowest BCUT2D eigenvalue weighted by molar-refractivity contribution is -0.142. The van der Waals surface area contributed by atoms with Crippen LogP contribution in [0.3, 0.4) is 0 Å². The van der Waals surface area contributed by atoms with Gasteiger partial charge in [0.25, 0.3) is 0 Å². The van der Waals surface area contributed by atoms with E-state index in [1.165, 1.54) is 4.90 Å². The van der Waals surface area contributed by atoms with Crippen molar-refractivity contribution in [2.45, 2.75) is 26.3 Å². The average Bonchev–Trinajstić information content (AvgIpc) is 3.28. The Balaban J connectivity index is 1.54. The van der Waals surface area contributed by atoms with Gasteiger partial charge in [-0.15, -0.1) is 0 Å². The second-order valence-corrected chi connectivity index (χ2v) is 7.55. The molecule has 2 aromatic carbocycles. The number of likely N-dealkylation sites (tertiary alicyclic amines) is 1. The molecule has 0 unspecified atom stereocenters. The van der Waals surface area contributed by atoms with Crippen molar-refractivity contribution in [3.05, 3.63) is 59.7 Å². The lowest BCUT2D eigenvalue weighted by Gasteiger charge is -2.28. The molecule has 6 heteroatoms. The summed E-state index contributed by atoms with van der Waals surface area (Å²) in [6, 6.07) is 14.9. The van der Waals surface area contributed by atoms with Crippen molar-refractivity contribution in [2.75, 3.05) is 6.79 Å². The van der Waals surface area contributed by atoms with Crippen LogP contribution >= 0.6 is 0 Å². The van der Waals surface area contributed by atoms with Gasteiger partial charge in [0.15, 0.2) is 11.5 Å². The van der Waals surface area contributed by atoms with E-state index in [4.69, 9.17) is 9.47 Å². The average molecular weight is 379 g/mol. The highest BCUT2D eigenvalue weighted by atomic mass is 16.7. The van der Waals surface area contributed by atoms with Crippen LogP contribution in [0.2, 0.25) is 0 Å². The van der Waals surface area contributed by atoms with E-state index in [2.05, 4.69) is 0 Å². The standard InChI is InChI=1S/C22H21NO5/c1-22(13-24,11-16-7-8-18-19(9-16)28-14-27-18)17-10-20(25)23(21(17)26)12-15-5-3-2-4-6-15/h2-9,13,17H,10-12,14H2,1H3/t17-,22-/m1/s1. The van der Waals surface area contributed by atoms with Gasteiger partial charge in [-0.3, -0.25) is 14.5 Å². The fourth-order valence-electron chi connectivity index (χ4n) is 3.87. The molecule has 2 aromatic rings. The number of hydrogen-bond donors (Lipinski definition) is 0. The molecule has 0 saturated carbocycles. The Morgan fingerprint density at radius 2 is 1.82 bits per heavy atom. The number of amides is 2. The number of rotatable bonds is 6. The Morgan fingerprint density at radius 1 is 1.07 bits per heavy atom. The van der Waals surface area contributed by atoms with Crippen LogP contribution in [0.15, 0.2) is 48.5 Å². The Kier molecular flexibility index (Phi) is 4.63. The molecule has 144 valence electrons. The molecule has 0 aromatic heterocycles. The summed E-state index contributed by atoms with van der Waals surface area (Å²) in [7, 11) is 0. The highest BCUT2D eigenvalue weighted by molar-refractivity contribution is 6.05. The molecule has 0 N–H and O–H groups in total. The highest BCUT2D eigenvalue weighted by Crippen LogP contribution is 2.40. The summed E-state index contributed by atoms with van der Waals surface area (Å²) in [6.45, 7) is 2.15. The molecule has 2 amide bonds. The number of carbonyl (C=O) groups is 3. The van der Waals surface area contributed by atoms with Gasteiger partial charge in [-0.25, -0.2) is 0 Å². The summed E-state index contributed by atoms with van der Waals surface area (Å²) < 4.78 is 10.7. The molecular formula is C22H21NO5. The van der Waals surface area contributed by atoms with Crippen LogP contribution in [0.1, 0.15) is 24.5 Å². The van der Waals surface area contributed by atoms with Crippen molar-refractivity contribution >= 4 is 18.1 Å². The molecule has 0 spiro atoms. The van der Waals surface area contributed by atoms with Gasteiger partial charge in [0, 0.05) is 11.8 Å². The first-order valence-corrected chi connectivity index (χ1v) is 9.23. The fourth-order valence-corrected chi connectivity index (χ4v) is 3.87. The van der Waals surface area contributed by atoms with E-state index >= 15 is 0 Å². The van der Waals surface area contributed by atoms with Crippen molar-refractivity contribution in [1.29, 1.82) is 0 Å². The van der Waals surface area contributed by atoms with Crippen LogP contribution in [0.25, 0.3) is 0 Å².